The summed E-state index contributed by atoms with van der Waals surface area (Å²) < 4.78 is 19.1. The number of nitrogens with zero attached hydrogens (tertiary/aromatic N) is 1. The molecular formula is C18H30FN3O2. The molecule has 0 radical (unpaired) electrons. The van der Waals surface area contributed by atoms with Gasteiger partial charge in [-0.3, -0.25) is 4.90 Å². The van der Waals surface area contributed by atoms with Gasteiger partial charge in [0.25, 0.3) is 0 Å². The van der Waals surface area contributed by atoms with Crippen molar-refractivity contribution >= 4 is 6.03 Å². The fraction of sp³-hybridized carbons (Fsp3) is 0.722. The van der Waals surface area contributed by atoms with Gasteiger partial charge in [-0.15, -0.1) is 0 Å². The molecule has 1 aliphatic carbocycles. The van der Waals surface area contributed by atoms with Crippen molar-refractivity contribution in [3.8, 4) is 0 Å². The van der Waals surface area contributed by atoms with Gasteiger partial charge in [-0.1, -0.05) is 32.8 Å². The van der Waals surface area contributed by atoms with Crippen LogP contribution in [0.1, 0.15) is 39.5 Å². The third-order valence-corrected chi connectivity index (χ3v) is 4.93. The Morgan fingerprint density at radius 1 is 1.33 bits per heavy atom. The smallest absolute Gasteiger partial charge is 0.319 e. The van der Waals surface area contributed by atoms with Crippen LogP contribution in [-0.4, -0.2) is 49.8 Å². The molecular weight excluding hydrogens is 309 g/mol. The second-order valence-electron chi connectivity index (χ2n) is 6.39. The fourth-order valence-electron chi connectivity index (χ4n) is 3.45. The van der Waals surface area contributed by atoms with Gasteiger partial charge in [-0.25, -0.2) is 9.18 Å². The van der Waals surface area contributed by atoms with Crippen LogP contribution in [0.3, 0.4) is 0 Å². The van der Waals surface area contributed by atoms with Crippen LogP contribution < -0.4 is 10.6 Å². The molecule has 0 bridgehead atoms. The van der Waals surface area contributed by atoms with Gasteiger partial charge in [-0.2, -0.15) is 0 Å². The molecule has 1 fully saturated rings. The first-order valence-electron chi connectivity index (χ1n) is 9.07. The normalized spacial score (nSPS) is 20.3. The van der Waals surface area contributed by atoms with Gasteiger partial charge < -0.3 is 15.4 Å². The summed E-state index contributed by atoms with van der Waals surface area (Å²) in [4.78, 5) is 14.5. The predicted octanol–water partition coefficient (Wildman–Crippen LogP) is 2.95. The van der Waals surface area contributed by atoms with Gasteiger partial charge >= 0.3 is 6.03 Å². The summed E-state index contributed by atoms with van der Waals surface area (Å²) in [6.07, 6.45) is 6.70. The van der Waals surface area contributed by atoms with E-state index in [1.165, 1.54) is 0 Å². The van der Waals surface area contributed by atoms with Crippen molar-refractivity contribution < 1.29 is 13.9 Å². The van der Waals surface area contributed by atoms with E-state index in [-0.39, 0.29) is 23.6 Å². The molecule has 6 heteroatoms. The van der Waals surface area contributed by atoms with Gasteiger partial charge in [-0.05, 0) is 18.4 Å². The number of hydrogen-bond donors (Lipinski definition) is 2. The Balaban J connectivity index is 1.91. The van der Waals surface area contributed by atoms with E-state index in [1.807, 2.05) is 6.08 Å². The van der Waals surface area contributed by atoms with Gasteiger partial charge in [0.15, 0.2) is 0 Å². The minimum atomic E-state index is -0.337. The maximum absolute atomic E-state index is 13.7. The molecule has 1 saturated heterocycles. The SMILES string of the molecule is CCC(CC)C(CNC(=O)NC1=C(F)CCC=C1)N1CCOCC1. The summed E-state index contributed by atoms with van der Waals surface area (Å²) >= 11 is 0. The molecule has 0 aromatic carbocycles. The Kier molecular flexibility index (Phi) is 7.72. The highest BCUT2D eigenvalue weighted by Crippen LogP contribution is 2.20. The van der Waals surface area contributed by atoms with Crippen molar-refractivity contribution in [1.82, 2.24) is 15.5 Å². The zero-order chi connectivity index (χ0) is 17.4. The first-order valence-corrected chi connectivity index (χ1v) is 9.07. The summed E-state index contributed by atoms with van der Waals surface area (Å²) in [7, 11) is 0. The highest BCUT2D eigenvalue weighted by Gasteiger charge is 2.27. The highest BCUT2D eigenvalue weighted by molar-refractivity contribution is 5.76. The van der Waals surface area contributed by atoms with Crippen LogP contribution in [0.2, 0.25) is 0 Å². The molecule has 1 aliphatic heterocycles. The van der Waals surface area contributed by atoms with Crippen LogP contribution in [0.15, 0.2) is 23.7 Å². The van der Waals surface area contributed by atoms with Crippen LogP contribution in [0.4, 0.5) is 9.18 Å². The molecule has 136 valence electrons. The molecule has 2 N–H and O–H groups in total. The number of halogens is 1. The number of carbonyl (C=O) groups is 1. The number of amides is 2. The second-order valence-corrected chi connectivity index (χ2v) is 6.39. The lowest BCUT2D eigenvalue weighted by Crippen LogP contribution is -2.53. The number of carbonyl (C=O) groups excluding carboxylic acids is 1. The van der Waals surface area contributed by atoms with Crippen LogP contribution in [0.25, 0.3) is 0 Å². The predicted molar refractivity (Wildman–Crippen MR) is 93.3 cm³/mol. The molecule has 0 aromatic heterocycles. The van der Waals surface area contributed by atoms with E-state index in [0.29, 0.717) is 25.3 Å². The molecule has 24 heavy (non-hydrogen) atoms. The molecule has 2 aliphatic rings. The standard InChI is InChI=1S/C18H30FN3O2/c1-3-14(4-2)17(22-9-11-24-12-10-22)13-20-18(23)21-16-8-6-5-7-15(16)19/h6,8,14,17H,3-5,7,9-13H2,1-2H3,(H2,20,21,23). The number of allylic oxidation sites excluding steroid dienone is 3. The lowest BCUT2D eigenvalue weighted by atomic mass is 9.92. The molecule has 0 saturated carbocycles. The molecule has 2 rings (SSSR count). The van der Waals surface area contributed by atoms with Gasteiger partial charge in [0.05, 0.1) is 18.9 Å². The van der Waals surface area contributed by atoms with E-state index in [2.05, 4.69) is 29.4 Å². The monoisotopic (exact) mass is 339 g/mol. The lowest BCUT2D eigenvalue weighted by molar-refractivity contribution is 0.00239. The molecule has 5 nitrogen and oxygen atoms in total. The zero-order valence-electron chi connectivity index (χ0n) is 14.8. The summed E-state index contributed by atoms with van der Waals surface area (Å²) in [6, 6.07) is -0.0497. The number of urea groups is 1. The van der Waals surface area contributed by atoms with Gasteiger partial charge in [0.1, 0.15) is 5.83 Å². The van der Waals surface area contributed by atoms with Crippen LogP contribution in [-0.2, 0) is 4.74 Å². The summed E-state index contributed by atoms with van der Waals surface area (Å²) in [5.74, 6) is 0.270. The Labute approximate surface area is 144 Å². The summed E-state index contributed by atoms with van der Waals surface area (Å²) in [5.41, 5.74) is 0.282. The number of nitrogens with one attached hydrogen (secondary N) is 2. The average Bonchev–Trinajstić information content (AvgIpc) is 2.61. The molecule has 0 spiro atoms. The maximum Gasteiger partial charge on any atom is 0.319 e. The van der Waals surface area contributed by atoms with Crippen LogP contribution in [0.5, 0.6) is 0 Å². The molecule has 1 heterocycles. The third kappa shape index (κ3) is 5.31. The fourth-order valence-corrected chi connectivity index (χ4v) is 3.45. The first kappa shape index (κ1) is 18.9. The van der Waals surface area contributed by atoms with E-state index < -0.39 is 0 Å². The molecule has 1 atom stereocenters. The zero-order valence-corrected chi connectivity index (χ0v) is 14.8. The van der Waals surface area contributed by atoms with E-state index in [4.69, 9.17) is 4.74 Å². The van der Waals surface area contributed by atoms with Gasteiger partial charge in [0.2, 0.25) is 0 Å². The number of hydrogen-bond acceptors (Lipinski definition) is 3. The average molecular weight is 339 g/mol. The van der Waals surface area contributed by atoms with Crippen LogP contribution in [0, 0.1) is 5.92 Å². The molecule has 2 amide bonds. The van der Waals surface area contributed by atoms with E-state index in [0.717, 1.165) is 39.1 Å². The van der Waals surface area contributed by atoms with Crippen molar-refractivity contribution in [3.63, 3.8) is 0 Å². The number of ether oxygens (including phenoxy) is 1. The van der Waals surface area contributed by atoms with E-state index >= 15 is 0 Å². The minimum absolute atomic E-state index is 0.252. The van der Waals surface area contributed by atoms with E-state index in [9.17, 15) is 9.18 Å². The second kappa shape index (κ2) is 9.79. The molecule has 0 aromatic rings. The molecule has 1 unspecified atom stereocenters. The maximum atomic E-state index is 13.7. The van der Waals surface area contributed by atoms with Crippen molar-refractivity contribution in [1.29, 1.82) is 0 Å². The Bertz CT molecular complexity index is 469. The Morgan fingerprint density at radius 3 is 2.67 bits per heavy atom. The summed E-state index contributed by atoms with van der Waals surface area (Å²) in [6.45, 7) is 8.22. The third-order valence-electron chi connectivity index (χ3n) is 4.93. The van der Waals surface area contributed by atoms with E-state index in [1.54, 1.807) is 6.08 Å². The minimum Gasteiger partial charge on any atom is -0.379 e. The topological polar surface area (TPSA) is 53.6 Å². The van der Waals surface area contributed by atoms with Crippen molar-refractivity contribution in [2.75, 3.05) is 32.8 Å². The quantitative estimate of drug-likeness (QED) is 0.750. The van der Waals surface area contributed by atoms with Crippen molar-refractivity contribution in [2.45, 2.75) is 45.6 Å². The largest absolute Gasteiger partial charge is 0.379 e. The van der Waals surface area contributed by atoms with Crippen LogP contribution >= 0.6 is 0 Å². The van der Waals surface area contributed by atoms with Crippen molar-refractivity contribution in [3.05, 3.63) is 23.7 Å². The number of rotatable bonds is 7. The highest BCUT2D eigenvalue weighted by atomic mass is 19.1. The Morgan fingerprint density at radius 2 is 2.04 bits per heavy atom. The Hall–Kier alpha value is -1.40. The lowest BCUT2D eigenvalue weighted by Gasteiger charge is -2.38. The summed E-state index contributed by atoms with van der Waals surface area (Å²) in [5, 5.41) is 5.56. The van der Waals surface area contributed by atoms with Gasteiger partial charge in [0, 0.05) is 32.1 Å². The van der Waals surface area contributed by atoms with Crippen molar-refractivity contribution in [2.24, 2.45) is 5.92 Å². The first-order chi connectivity index (χ1) is 11.7. The number of morpholine rings is 1.